The number of benzene rings is 9. The molecule has 9 aromatic rings. The fourth-order valence-corrected chi connectivity index (χ4v) is 12.2. The van der Waals surface area contributed by atoms with Gasteiger partial charge in [-0.3, -0.25) is 33.8 Å². The number of rotatable bonds is 17. The van der Waals surface area contributed by atoms with Crippen molar-refractivity contribution in [2.24, 2.45) is 0 Å². The molecule has 0 bridgehead atoms. The molecule has 0 saturated carbocycles. The predicted molar refractivity (Wildman–Crippen MR) is 292 cm³/mol. The zero-order valence-electron chi connectivity index (χ0n) is 41.6. The van der Waals surface area contributed by atoms with Gasteiger partial charge in [-0.25, -0.2) is 5.06 Å². The highest BCUT2D eigenvalue weighted by Gasteiger charge is 2.40. The number of hydrogen-bond donors (Lipinski definition) is 0. The Labute approximate surface area is 426 Å². The number of amides is 4. The van der Waals surface area contributed by atoms with Crippen molar-refractivity contribution in [3.8, 4) is 11.1 Å². The normalized spacial score (nSPS) is 16.7. The molecule has 1 saturated heterocycles. The first kappa shape index (κ1) is 46.4. The molecule has 0 radical (unpaired) electrons. The SMILES string of the molecule is CCCCCCC(CCCCCC)N1C(=O)c2ccc3c4ccc5c6c(ccc(c7ccc(c2c37)C1=O)c64)C(=O)N(Cc1ccc(-c2ccc([C@@H]3C[C@@H](c4ccccc4)ON3c3ccccc3)cc2)cc1)C5=O. The molecule has 0 spiro atoms. The van der Waals surface area contributed by atoms with Crippen LogP contribution in [-0.4, -0.2) is 39.5 Å². The zero-order chi connectivity index (χ0) is 49.7. The van der Waals surface area contributed by atoms with E-state index in [-0.39, 0.29) is 48.4 Å². The molecule has 2 atom stereocenters. The molecule has 3 aliphatic heterocycles. The lowest BCUT2D eigenvalue weighted by molar-refractivity contribution is 0.0514. The summed E-state index contributed by atoms with van der Waals surface area (Å²) in [7, 11) is 0. The van der Waals surface area contributed by atoms with Gasteiger partial charge in [0.15, 0.2) is 0 Å². The highest BCUT2D eigenvalue weighted by molar-refractivity contribution is 6.41. The van der Waals surface area contributed by atoms with Crippen molar-refractivity contribution in [1.82, 2.24) is 9.80 Å². The van der Waals surface area contributed by atoms with Crippen molar-refractivity contribution in [2.45, 2.75) is 109 Å². The van der Waals surface area contributed by atoms with Crippen LogP contribution in [0.15, 0.2) is 158 Å². The monoisotopic (exact) mass is 961 g/mol. The zero-order valence-corrected chi connectivity index (χ0v) is 41.6. The van der Waals surface area contributed by atoms with Crippen LogP contribution in [-0.2, 0) is 11.4 Å². The molecular weight excluding hydrogens is 903 g/mol. The first-order valence-corrected chi connectivity index (χ1v) is 26.5. The summed E-state index contributed by atoms with van der Waals surface area (Å²) in [4.78, 5) is 67.8. The van der Waals surface area contributed by atoms with Crippen LogP contribution in [0.25, 0.3) is 54.2 Å². The summed E-state index contributed by atoms with van der Waals surface area (Å²) < 4.78 is 0. The molecule has 0 unspecified atom stereocenters. The molecule has 9 aromatic carbocycles. The molecule has 4 amide bonds. The van der Waals surface area contributed by atoms with Crippen molar-refractivity contribution in [2.75, 3.05) is 5.06 Å². The molecule has 8 nitrogen and oxygen atoms in total. The van der Waals surface area contributed by atoms with Crippen LogP contribution in [0.3, 0.4) is 0 Å². The van der Waals surface area contributed by atoms with Gasteiger partial charge in [0.25, 0.3) is 23.6 Å². The molecule has 8 heteroatoms. The first-order valence-electron chi connectivity index (χ1n) is 26.5. The molecule has 0 aromatic heterocycles. The number of hydroxylamine groups is 1. The van der Waals surface area contributed by atoms with Gasteiger partial charge in [0.1, 0.15) is 6.10 Å². The van der Waals surface area contributed by atoms with E-state index in [0.717, 1.165) is 131 Å². The molecule has 12 rings (SSSR count). The van der Waals surface area contributed by atoms with Gasteiger partial charge in [-0.2, -0.15) is 0 Å². The minimum absolute atomic E-state index is 0.0322. The van der Waals surface area contributed by atoms with E-state index >= 15 is 0 Å². The maximum Gasteiger partial charge on any atom is 0.261 e. The third kappa shape index (κ3) is 8.04. The van der Waals surface area contributed by atoms with Crippen molar-refractivity contribution >= 4 is 72.4 Å². The number of imide groups is 2. The third-order valence-corrected chi connectivity index (χ3v) is 16.0. The van der Waals surface area contributed by atoms with E-state index in [1.54, 1.807) is 4.90 Å². The summed E-state index contributed by atoms with van der Waals surface area (Å²) in [6.07, 6.45) is 11.1. The number of fused-ring (bicyclic) bond motifs is 2. The van der Waals surface area contributed by atoms with Gasteiger partial charge in [-0.05, 0) is 109 Å². The molecule has 3 heterocycles. The molecular formula is C65H59N3O5. The number of nitrogens with zero attached hydrogens (tertiary/aromatic N) is 3. The van der Waals surface area contributed by atoms with Gasteiger partial charge in [0.2, 0.25) is 0 Å². The highest BCUT2D eigenvalue weighted by Crippen LogP contribution is 2.48. The van der Waals surface area contributed by atoms with Crippen LogP contribution in [0.1, 0.15) is 155 Å². The van der Waals surface area contributed by atoms with Gasteiger partial charge in [0, 0.05) is 45.5 Å². The van der Waals surface area contributed by atoms with E-state index in [9.17, 15) is 19.2 Å². The average Bonchev–Trinajstić information content (AvgIpc) is 3.90. The number of carbonyl (C=O) groups excluding carboxylic acids is 4. The molecule has 1 fully saturated rings. The fourth-order valence-electron chi connectivity index (χ4n) is 12.2. The van der Waals surface area contributed by atoms with Gasteiger partial charge in [0.05, 0.1) is 18.3 Å². The van der Waals surface area contributed by atoms with Crippen LogP contribution >= 0.6 is 0 Å². The Kier molecular flexibility index (Phi) is 12.3. The second-order valence-corrected chi connectivity index (χ2v) is 20.4. The number of anilines is 1. The predicted octanol–water partition coefficient (Wildman–Crippen LogP) is 15.7. The minimum atomic E-state index is -0.331. The van der Waals surface area contributed by atoms with E-state index < -0.39 is 0 Å². The maximum absolute atomic E-state index is 14.6. The van der Waals surface area contributed by atoms with Crippen LogP contribution < -0.4 is 5.06 Å². The number of hydrogen-bond acceptors (Lipinski definition) is 6. The van der Waals surface area contributed by atoms with E-state index in [4.69, 9.17) is 4.84 Å². The Morgan fingerprint density at radius 2 is 0.932 bits per heavy atom. The van der Waals surface area contributed by atoms with E-state index in [2.05, 4.69) is 86.6 Å². The molecule has 0 N–H and O–H groups in total. The summed E-state index contributed by atoms with van der Waals surface area (Å²) in [5.41, 5.74) is 8.38. The van der Waals surface area contributed by atoms with Gasteiger partial charge >= 0.3 is 0 Å². The average molecular weight is 962 g/mol. The molecule has 0 aliphatic carbocycles. The Balaban J connectivity index is 0.806. The lowest BCUT2D eigenvalue weighted by atomic mass is 9.82. The summed E-state index contributed by atoms with van der Waals surface area (Å²) in [6, 6.07) is 52.7. The molecule has 3 aliphatic rings. The van der Waals surface area contributed by atoms with Crippen molar-refractivity contribution in [1.29, 1.82) is 0 Å². The summed E-state index contributed by atoms with van der Waals surface area (Å²) >= 11 is 0. The Hall–Kier alpha value is -7.68. The fraction of sp³-hybridized carbons (Fsp3) is 0.262. The second kappa shape index (κ2) is 19.4. The number of unbranched alkanes of at least 4 members (excludes halogenated alkanes) is 6. The van der Waals surface area contributed by atoms with Crippen LogP contribution in [0, 0.1) is 0 Å². The van der Waals surface area contributed by atoms with Gasteiger partial charge in [-0.15, -0.1) is 0 Å². The standard InChI is InChI=1S/C65H59N3O5/c1-3-5-7-13-19-46(20-14-8-6-4-2)67-64(71)54-37-33-50-48-31-35-52-60-53(36-32-49(58(48)60)51-34-38-55(65(67)72)61(54)59(50)51)63(70)66(62(52)69)40-41-23-25-42(26-24-41)43-27-29-44(30-28-43)56-39-57(45-17-11-9-12-18-45)73-68(56)47-21-15-10-16-22-47/h9-12,15-18,21-38,46,56-57H,3-8,13-14,19-20,39-40H2,1-2H3/t56-,57-/m0/s1. The number of carbonyl (C=O) groups is 4. The Morgan fingerprint density at radius 1 is 0.466 bits per heavy atom. The smallest absolute Gasteiger partial charge is 0.261 e. The first-order chi connectivity index (χ1) is 35.8. The quantitative estimate of drug-likeness (QED) is 0.0391. The Morgan fingerprint density at radius 3 is 1.42 bits per heavy atom. The van der Waals surface area contributed by atoms with Crippen LogP contribution in [0.2, 0.25) is 0 Å². The largest absolute Gasteiger partial charge is 0.271 e. The lowest BCUT2D eigenvalue weighted by Crippen LogP contribution is -2.47. The van der Waals surface area contributed by atoms with Gasteiger partial charge < -0.3 is 0 Å². The third-order valence-electron chi connectivity index (χ3n) is 16.0. The summed E-state index contributed by atoms with van der Waals surface area (Å²) in [5.74, 6) is -1.09. The maximum atomic E-state index is 14.6. The Bertz CT molecular complexity index is 3440. The van der Waals surface area contributed by atoms with Crippen LogP contribution in [0.5, 0.6) is 0 Å². The summed E-state index contributed by atoms with van der Waals surface area (Å²) in [6.45, 7) is 4.53. The van der Waals surface area contributed by atoms with Crippen molar-refractivity contribution in [3.05, 3.63) is 197 Å². The van der Waals surface area contributed by atoms with Gasteiger partial charge in [-0.1, -0.05) is 187 Å². The molecule has 73 heavy (non-hydrogen) atoms. The number of para-hydroxylation sites is 1. The van der Waals surface area contributed by atoms with E-state index in [1.165, 1.54) is 10.5 Å². The lowest BCUT2D eigenvalue weighted by Gasteiger charge is -2.35. The second-order valence-electron chi connectivity index (χ2n) is 20.4. The molecule has 364 valence electrons. The van der Waals surface area contributed by atoms with Crippen molar-refractivity contribution in [3.63, 3.8) is 0 Å². The van der Waals surface area contributed by atoms with E-state index in [0.29, 0.717) is 33.0 Å². The van der Waals surface area contributed by atoms with Crippen LogP contribution in [0.4, 0.5) is 5.69 Å². The van der Waals surface area contributed by atoms with Crippen molar-refractivity contribution < 1.29 is 24.0 Å². The topological polar surface area (TPSA) is 87.2 Å². The van der Waals surface area contributed by atoms with E-state index in [1.807, 2.05) is 90.0 Å². The summed E-state index contributed by atoms with van der Waals surface area (Å²) in [5, 5.41) is 8.68. The minimum Gasteiger partial charge on any atom is -0.271 e. The highest BCUT2D eigenvalue weighted by atomic mass is 16.7.